The summed E-state index contributed by atoms with van der Waals surface area (Å²) in [6.07, 6.45) is 1.27. The van der Waals surface area contributed by atoms with Crippen LogP contribution in [0.2, 0.25) is 0 Å². The van der Waals surface area contributed by atoms with Crippen LogP contribution in [0.25, 0.3) is 11.8 Å². The molecular weight excluding hydrogens is 290 g/mol. The molecule has 0 radical (unpaired) electrons. The zero-order valence-electron chi connectivity index (χ0n) is 13.7. The van der Waals surface area contributed by atoms with E-state index in [1.807, 2.05) is 50.2 Å². The molecule has 0 saturated carbocycles. The van der Waals surface area contributed by atoms with Crippen LogP contribution < -0.4 is 0 Å². The molecule has 118 valence electrons. The lowest BCUT2D eigenvalue weighted by molar-refractivity contribution is -0.142. The van der Waals surface area contributed by atoms with E-state index in [2.05, 4.69) is 5.10 Å². The standard InChI is InChI=1S/C18H19N3O2/c1-12(2)23-18(22)15(11-19)10-17-13(3)20-21(14(17)4)16-8-6-5-7-9-16/h5-10,12H,1-4H3/b15-10+. The monoisotopic (exact) mass is 309 g/mol. The number of nitriles is 1. The maximum Gasteiger partial charge on any atom is 0.349 e. The van der Waals surface area contributed by atoms with Gasteiger partial charge in [-0.3, -0.25) is 0 Å². The quantitative estimate of drug-likeness (QED) is 0.493. The number of esters is 1. The Morgan fingerprint density at radius 1 is 1.30 bits per heavy atom. The number of hydrogen-bond acceptors (Lipinski definition) is 4. The first-order chi connectivity index (χ1) is 10.9. The van der Waals surface area contributed by atoms with Gasteiger partial charge in [0.2, 0.25) is 0 Å². The number of aromatic nitrogens is 2. The Labute approximate surface area is 135 Å². The largest absolute Gasteiger partial charge is 0.459 e. The molecule has 0 saturated heterocycles. The summed E-state index contributed by atoms with van der Waals surface area (Å²) in [5, 5.41) is 13.7. The molecule has 0 amide bonds. The molecule has 0 fully saturated rings. The Hall–Kier alpha value is -2.87. The molecular formula is C18H19N3O2. The van der Waals surface area contributed by atoms with Crippen molar-refractivity contribution in [3.63, 3.8) is 0 Å². The number of aryl methyl sites for hydroxylation is 1. The molecule has 1 aromatic carbocycles. The van der Waals surface area contributed by atoms with Crippen LogP contribution in [0.3, 0.4) is 0 Å². The summed E-state index contributed by atoms with van der Waals surface area (Å²) in [7, 11) is 0. The normalized spacial score (nSPS) is 11.4. The molecule has 0 bridgehead atoms. The van der Waals surface area contributed by atoms with Gasteiger partial charge in [0.1, 0.15) is 11.6 Å². The molecule has 1 aromatic heterocycles. The summed E-state index contributed by atoms with van der Waals surface area (Å²) in [5.41, 5.74) is 3.26. The fourth-order valence-corrected chi connectivity index (χ4v) is 2.24. The number of nitrogens with zero attached hydrogens (tertiary/aromatic N) is 3. The highest BCUT2D eigenvalue weighted by Gasteiger charge is 2.16. The third kappa shape index (κ3) is 3.67. The molecule has 0 spiro atoms. The van der Waals surface area contributed by atoms with Gasteiger partial charge < -0.3 is 4.74 Å². The summed E-state index contributed by atoms with van der Waals surface area (Å²) >= 11 is 0. The summed E-state index contributed by atoms with van der Waals surface area (Å²) in [5.74, 6) is -0.617. The third-order valence-corrected chi connectivity index (χ3v) is 3.32. The topological polar surface area (TPSA) is 67.9 Å². The van der Waals surface area contributed by atoms with E-state index in [0.29, 0.717) is 0 Å². The highest BCUT2D eigenvalue weighted by molar-refractivity contribution is 5.98. The number of ether oxygens (including phenoxy) is 1. The Bertz CT molecular complexity index is 781. The zero-order valence-corrected chi connectivity index (χ0v) is 13.7. The van der Waals surface area contributed by atoms with Gasteiger partial charge >= 0.3 is 5.97 Å². The second kappa shape index (κ2) is 6.93. The van der Waals surface area contributed by atoms with Gasteiger partial charge in [-0.25, -0.2) is 9.48 Å². The average molecular weight is 309 g/mol. The molecule has 1 heterocycles. The Morgan fingerprint density at radius 3 is 2.52 bits per heavy atom. The summed E-state index contributed by atoms with van der Waals surface area (Å²) < 4.78 is 6.89. The number of carbonyl (C=O) groups excluding carboxylic acids is 1. The van der Waals surface area contributed by atoms with Crippen molar-refractivity contribution >= 4 is 12.0 Å². The van der Waals surface area contributed by atoms with Gasteiger partial charge in [0, 0.05) is 11.3 Å². The van der Waals surface area contributed by atoms with E-state index >= 15 is 0 Å². The first-order valence-corrected chi connectivity index (χ1v) is 7.38. The Morgan fingerprint density at radius 2 is 1.96 bits per heavy atom. The van der Waals surface area contributed by atoms with Crippen molar-refractivity contribution in [3.8, 4) is 11.8 Å². The second-order valence-electron chi connectivity index (χ2n) is 5.46. The van der Waals surface area contributed by atoms with Crippen LogP contribution in [-0.2, 0) is 9.53 Å². The smallest absolute Gasteiger partial charge is 0.349 e. The maximum atomic E-state index is 11.9. The van der Waals surface area contributed by atoms with Crippen LogP contribution in [0.1, 0.15) is 30.8 Å². The number of carbonyl (C=O) groups is 1. The first kappa shape index (κ1) is 16.5. The number of hydrogen-bond donors (Lipinski definition) is 0. The van der Waals surface area contributed by atoms with Crippen molar-refractivity contribution in [1.82, 2.24) is 9.78 Å². The number of benzene rings is 1. The molecule has 0 atom stereocenters. The maximum absolute atomic E-state index is 11.9. The molecule has 2 aromatic rings. The van der Waals surface area contributed by atoms with Crippen LogP contribution in [0.4, 0.5) is 0 Å². The molecule has 0 aliphatic carbocycles. The predicted molar refractivity (Wildman–Crippen MR) is 87.9 cm³/mol. The molecule has 0 unspecified atom stereocenters. The summed E-state index contributed by atoms with van der Waals surface area (Å²) in [6, 6.07) is 11.6. The van der Waals surface area contributed by atoms with Crippen molar-refractivity contribution in [2.45, 2.75) is 33.8 Å². The van der Waals surface area contributed by atoms with Crippen molar-refractivity contribution in [2.24, 2.45) is 0 Å². The van der Waals surface area contributed by atoms with E-state index in [-0.39, 0.29) is 11.7 Å². The van der Waals surface area contributed by atoms with Crippen molar-refractivity contribution in [1.29, 1.82) is 5.26 Å². The third-order valence-electron chi connectivity index (χ3n) is 3.32. The van der Waals surface area contributed by atoms with Gasteiger partial charge in [-0.05, 0) is 45.9 Å². The predicted octanol–water partition coefficient (Wildman–Crippen LogP) is 3.35. The van der Waals surface area contributed by atoms with Gasteiger partial charge in [-0.2, -0.15) is 10.4 Å². The number of rotatable bonds is 4. The number of para-hydroxylation sites is 1. The van der Waals surface area contributed by atoms with E-state index in [0.717, 1.165) is 22.6 Å². The SMILES string of the molecule is Cc1nn(-c2ccccc2)c(C)c1/C=C(\C#N)C(=O)OC(C)C. The Balaban J connectivity index is 2.45. The zero-order chi connectivity index (χ0) is 17.0. The fourth-order valence-electron chi connectivity index (χ4n) is 2.24. The van der Waals surface area contributed by atoms with Gasteiger partial charge in [-0.15, -0.1) is 0 Å². The minimum atomic E-state index is -0.617. The molecule has 23 heavy (non-hydrogen) atoms. The molecule has 2 rings (SSSR count). The van der Waals surface area contributed by atoms with Gasteiger partial charge in [0.25, 0.3) is 0 Å². The minimum absolute atomic E-state index is 0.0301. The van der Waals surface area contributed by atoms with Crippen molar-refractivity contribution in [3.05, 3.63) is 52.9 Å². The van der Waals surface area contributed by atoms with Gasteiger partial charge in [-0.1, -0.05) is 18.2 Å². The van der Waals surface area contributed by atoms with E-state index in [1.165, 1.54) is 0 Å². The van der Waals surface area contributed by atoms with Crippen LogP contribution >= 0.6 is 0 Å². The fraction of sp³-hybridized carbons (Fsp3) is 0.278. The van der Waals surface area contributed by atoms with E-state index in [9.17, 15) is 10.1 Å². The van der Waals surface area contributed by atoms with Crippen LogP contribution in [0, 0.1) is 25.2 Å². The summed E-state index contributed by atoms with van der Waals surface area (Å²) in [4.78, 5) is 11.9. The first-order valence-electron chi connectivity index (χ1n) is 7.38. The van der Waals surface area contributed by atoms with Gasteiger partial charge in [0.15, 0.2) is 0 Å². The molecule has 0 aliphatic heterocycles. The molecule has 5 heteroatoms. The lowest BCUT2D eigenvalue weighted by atomic mass is 10.1. The highest BCUT2D eigenvalue weighted by atomic mass is 16.5. The molecule has 0 N–H and O–H groups in total. The average Bonchev–Trinajstić information content (AvgIpc) is 2.80. The van der Waals surface area contributed by atoms with Crippen LogP contribution in [0.15, 0.2) is 35.9 Å². The molecule has 5 nitrogen and oxygen atoms in total. The lowest BCUT2D eigenvalue weighted by Gasteiger charge is -2.07. The van der Waals surface area contributed by atoms with Gasteiger partial charge in [0.05, 0.1) is 17.5 Å². The highest BCUT2D eigenvalue weighted by Crippen LogP contribution is 2.21. The minimum Gasteiger partial charge on any atom is -0.459 e. The molecule has 0 aliphatic rings. The Kier molecular flexibility index (Phi) is 4.97. The lowest BCUT2D eigenvalue weighted by Crippen LogP contribution is -2.12. The van der Waals surface area contributed by atoms with Crippen LogP contribution in [0.5, 0.6) is 0 Å². The van der Waals surface area contributed by atoms with Crippen LogP contribution in [-0.4, -0.2) is 21.9 Å². The van der Waals surface area contributed by atoms with Crippen molar-refractivity contribution < 1.29 is 9.53 Å². The second-order valence-corrected chi connectivity index (χ2v) is 5.46. The van der Waals surface area contributed by atoms with E-state index < -0.39 is 5.97 Å². The summed E-state index contributed by atoms with van der Waals surface area (Å²) in [6.45, 7) is 7.25. The van der Waals surface area contributed by atoms with E-state index in [1.54, 1.807) is 24.6 Å². The van der Waals surface area contributed by atoms with E-state index in [4.69, 9.17) is 4.74 Å². The van der Waals surface area contributed by atoms with Crippen molar-refractivity contribution in [2.75, 3.05) is 0 Å².